The lowest BCUT2D eigenvalue weighted by Gasteiger charge is -2.16. The molecule has 0 aromatic carbocycles. The van der Waals surface area contributed by atoms with E-state index in [4.69, 9.17) is 27.9 Å². The maximum absolute atomic E-state index is 11.9. The third-order valence-corrected chi connectivity index (χ3v) is 2.39. The monoisotopic (exact) mass is 263 g/mol. The lowest BCUT2D eigenvalue weighted by atomic mass is 10.3. The number of hydrogen-bond acceptors (Lipinski definition) is 4. The highest BCUT2D eigenvalue weighted by atomic mass is 35.5. The molecule has 0 N–H and O–H groups in total. The number of likely N-dealkylation sites (N-methyl/N-ethyl adjacent to an activating group) is 1. The van der Waals surface area contributed by atoms with Crippen LogP contribution < -0.4 is 0 Å². The van der Waals surface area contributed by atoms with Crippen molar-refractivity contribution in [2.75, 3.05) is 27.3 Å². The minimum atomic E-state index is -0.265. The summed E-state index contributed by atoms with van der Waals surface area (Å²) >= 11 is 11.4. The molecule has 0 fully saturated rings. The molecule has 0 unspecified atom stereocenters. The third kappa shape index (κ3) is 3.30. The Hall–Kier alpha value is -0.910. The predicted octanol–water partition coefficient (Wildman–Crippen LogP) is 1.50. The SMILES string of the molecule is COCCN(C)C(=O)c1cc(Cl)nnc1Cl. The third-order valence-electron chi connectivity index (χ3n) is 1.93. The van der Waals surface area contributed by atoms with Gasteiger partial charge in [0, 0.05) is 20.7 Å². The molecule has 1 aromatic heterocycles. The van der Waals surface area contributed by atoms with Crippen LogP contribution >= 0.6 is 23.2 Å². The summed E-state index contributed by atoms with van der Waals surface area (Å²) in [6.45, 7) is 0.914. The van der Waals surface area contributed by atoms with Crippen molar-refractivity contribution in [1.29, 1.82) is 0 Å². The van der Waals surface area contributed by atoms with E-state index in [1.165, 1.54) is 11.0 Å². The summed E-state index contributed by atoms with van der Waals surface area (Å²) in [6.07, 6.45) is 0. The number of carbonyl (C=O) groups excluding carboxylic acids is 1. The van der Waals surface area contributed by atoms with E-state index in [-0.39, 0.29) is 21.8 Å². The van der Waals surface area contributed by atoms with Gasteiger partial charge in [-0.05, 0) is 6.07 Å². The molecule has 1 heterocycles. The highest BCUT2D eigenvalue weighted by Crippen LogP contribution is 2.16. The number of rotatable bonds is 4. The predicted molar refractivity (Wildman–Crippen MR) is 60.9 cm³/mol. The summed E-state index contributed by atoms with van der Waals surface area (Å²) in [7, 11) is 3.21. The number of aromatic nitrogens is 2. The second-order valence-electron chi connectivity index (χ2n) is 3.09. The van der Waals surface area contributed by atoms with Crippen molar-refractivity contribution in [2.24, 2.45) is 0 Å². The van der Waals surface area contributed by atoms with Gasteiger partial charge in [-0.2, -0.15) is 0 Å². The van der Waals surface area contributed by atoms with Crippen molar-refractivity contribution in [3.05, 3.63) is 21.9 Å². The molecule has 7 heteroatoms. The first-order chi connectivity index (χ1) is 7.56. The van der Waals surface area contributed by atoms with Gasteiger partial charge in [-0.15, -0.1) is 10.2 Å². The van der Waals surface area contributed by atoms with E-state index in [1.807, 2.05) is 0 Å². The quantitative estimate of drug-likeness (QED) is 0.827. The lowest BCUT2D eigenvalue weighted by Crippen LogP contribution is -2.30. The molecule has 0 bridgehead atoms. The molecule has 5 nitrogen and oxygen atoms in total. The average Bonchev–Trinajstić information content (AvgIpc) is 2.28. The van der Waals surface area contributed by atoms with Crippen LogP contribution in [0.5, 0.6) is 0 Å². The highest BCUT2D eigenvalue weighted by Gasteiger charge is 2.16. The van der Waals surface area contributed by atoms with Gasteiger partial charge in [-0.3, -0.25) is 4.79 Å². The molecule has 1 aromatic rings. The van der Waals surface area contributed by atoms with Crippen LogP contribution in [0.3, 0.4) is 0 Å². The van der Waals surface area contributed by atoms with Crippen LogP contribution in [0.15, 0.2) is 6.07 Å². The van der Waals surface area contributed by atoms with Gasteiger partial charge in [0.15, 0.2) is 10.3 Å². The zero-order valence-corrected chi connectivity index (χ0v) is 10.4. The summed E-state index contributed by atoms with van der Waals surface area (Å²) in [4.78, 5) is 13.4. The zero-order valence-electron chi connectivity index (χ0n) is 8.91. The molecule has 0 aliphatic rings. The van der Waals surface area contributed by atoms with Crippen LogP contribution in [-0.2, 0) is 4.74 Å². The van der Waals surface area contributed by atoms with Crippen LogP contribution in [0.25, 0.3) is 0 Å². The zero-order chi connectivity index (χ0) is 12.1. The Labute approximate surface area is 103 Å². The number of amides is 1. The van der Waals surface area contributed by atoms with E-state index < -0.39 is 0 Å². The fourth-order valence-corrected chi connectivity index (χ4v) is 1.36. The molecule has 0 aliphatic carbocycles. The van der Waals surface area contributed by atoms with Crippen LogP contribution in [0.1, 0.15) is 10.4 Å². The minimum Gasteiger partial charge on any atom is -0.383 e. The molecule has 0 saturated heterocycles. The maximum atomic E-state index is 11.9. The molecule has 1 amide bonds. The molecule has 0 aliphatic heterocycles. The van der Waals surface area contributed by atoms with E-state index in [2.05, 4.69) is 10.2 Å². The standard InChI is InChI=1S/C9H11Cl2N3O2/c1-14(3-4-16-2)9(15)6-5-7(10)12-13-8(6)11/h5H,3-4H2,1-2H3. The molecular weight excluding hydrogens is 253 g/mol. The van der Waals surface area contributed by atoms with Crippen LogP contribution in [0.2, 0.25) is 10.3 Å². The number of nitrogens with zero attached hydrogens (tertiary/aromatic N) is 3. The molecule has 0 atom stereocenters. The van der Waals surface area contributed by atoms with Gasteiger partial charge in [0.2, 0.25) is 0 Å². The lowest BCUT2D eigenvalue weighted by molar-refractivity contribution is 0.0744. The normalized spacial score (nSPS) is 10.2. The summed E-state index contributed by atoms with van der Waals surface area (Å²) in [5.41, 5.74) is 0.236. The van der Waals surface area contributed by atoms with Crippen molar-refractivity contribution in [2.45, 2.75) is 0 Å². The Morgan fingerprint density at radius 1 is 1.50 bits per heavy atom. The number of hydrogen-bond donors (Lipinski definition) is 0. The first-order valence-electron chi connectivity index (χ1n) is 4.49. The first-order valence-corrected chi connectivity index (χ1v) is 5.25. The van der Waals surface area contributed by atoms with E-state index in [1.54, 1.807) is 14.2 Å². The van der Waals surface area contributed by atoms with Gasteiger partial charge in [0.1, 0.15) is 0 Å². The van der Waals surface area contributed by atoms with Gasteiger partial charge in [-0.25, -0.2) is 0 Å². The minimum absolute atomic E-state index is 0.0404. The Bertz CT molecular complexity index is 387. The second kappa shape index (κ2) is 5.98. The van der Waals surface area contributed by atoms with Crippen molar-refractivity contribution >= 4 is 29.1 Å². The van der Waals surface area contributed by atoms with Crippen molar-refractivity contribution in [3.8, 4) is 0 Å². The summed E-state index contributed by atoms with van der Waals surface area (Å²) < 4.78 is 4.87. The summed E-state index contributed by atoms with van der Waals surface area (Å²) in [5, 5.41) is 7.27. The highest BCUT2D eigenvalue weighted by molar-refractivity contribution is 6.34. The molecule has 1 rings (SSSR count). The van der Waals surface area contributed by atoms with Crippen LogP contribution in [-0.4, -0.2) is 48.3 Å². The summed E-state index contributed by atoms with van der Waals surface area (Å²) in [6, 6.07) is 1.39. The van der Waals surface area contributed by atoms with Crippen molar-refractivity contribution in [1.82, 2.24) is 15.1 Å². The number of halogens is 2. The Morgan fingerprint density at radius 2 is 2.19 bits per heavy atom. The largest absolute Gasteiger partial charge is 0.383 e. The molecular formula is C9H11Cl2N3O2. The van der Waals surface area contributed by atoms with Crippen LogP contribution in [0.4, 0.5) is 0 Å². The van der Waals surface area contributed by atoms with E-state index in [0.717, 1.165) is 0 Å². The number of ether oxygens (including phenoxy) is 1. The number of carbonyl (C=O) groups is 1. The van der Waals surface area contributed by atoms with Gasteiger partial charge in [0.05, 0.1) is 12.2 Å². The Kier molecular flexibility index (Phi) is 4.92. The van der Waals surface area contributed by atoms with Crippen molar-refractivity contribution in [3.63, 3.8) is 0 Å². The average molecular weight is 264 g/mol. The summed E-state index contributed by atoms with van der Waals surface area (Å²) in [5.74, 6) is -0.265. The second-order valence-corrected chi connectivity index (χ2v) is 3.84. The molecule has 0 radical (unpaired) electrons. The molecule has 16 heavy (non-hydrogen) atoms. The molecule has 0 saturated carbocycles. The fraction of sp³-hybridized carbons (Fsp3) is 0.444. The fourth-order valence-electron chi connectivity index (χ4n) is 1.04. The van der Waals surface area contributed by atoms with Crippen LogP contribution in [0, 0.1) is 0 Å². The van der Waals surface area contributed by atoms with Gasteiger partial charge in [-0.1, -0.05) is 23.2 Å². The Morgan fingerprint density at radius 3 is 2.81 bits per heavy atom. The van der Waals surface area contributed by atoms with Crippen molar-refractivity contribution < 1.29 is 9.53 Å². The molecule has 88 valence electrons. The van der Waals surface area contributed by atoms with E-state index in [0.29, 0.717) is 13.2 Å². The van der Waals surface area contributed by atoms with Gasteiger partial charge in [0.25, 0.3) is 5.91 Å². The first kappa shape index (κ1) is 13.2. The maximum Gasteiger partial charge on any atom is 0.256 e. The molecule has 0 spiro atoms. The van der Waals surface area contributed by atoms with E-state index in [9.17, 15) is 4.79 Å². The topological polar surface area (TPSA) is 55.3 Å². The van der Waals surface area contributed by atoms with Gasteiger partial charge >= 0.3 is 0 Å². The smallest absolute Gasteiger partial charge is 0.256 e. The van der Waals surface area contributed by atoms with Gasteiger partial charge < -0.3 is 9.64 Å². The number of methoxy groups -OCH3 is 1. The Balaban J connectivity index is 2.83. The van der Waals surface area contributed by atoms with E-state index >= 15 is 0 Å².